The van der Waals surface area contributed by atoms with Gasteiger partial charge in [-0.15, -0.1) is 16.8 Å². The molecule has 5 nitrogen and oxygen atoms in total. The number of hydrogen-bond acceptors (Lipinski definition) is 6. The highest BCUT2D eigenvalue weighted by molar-refractivity contribution is 7.99. The first-order chi connectivity index (χ1) is 9.24. The molecule has 1 aromatic heterocycles. The SMILES string of the molecule is C=CCSc1nnc(-c2cccc(OC)c2)c(O)n1. The molecule has 0 saturated heterocycles. The van der Waals surface area contributed by atoms with Gasteiger partial charge in [-0.2, -0.15) is 4.98 Å². The van der Waals surface area contributed by atoms with Crippen LogP contribution in [0.2, 0.25) is 0 Å². The van der Waals surface area contributed by atoms with Crippen molar-refractivity contribution in [2.45, 2.75) is 5.16 Å². The Morgan fingerprint density at radius 3 is 2.95 bits per heavy atom. The molecular formula is C13H13N3O2S. The second-order valence-electron chi connectivity index (χ2n) is 3.60. The molecule has 0 aliphatic rings. The highest BCUT2D eigenvalue weighted by atomic mass is 32.2. The van der Waals surface area contributed by atoms with Crippen molar-refractivity contribution in [3.8, 4) is 22.9 Å². The smallest absolute Gasteiger partial charge is 0.242 e. The number of nitrogens with zero attached hydrogens (tertiary/aromatic N) is 3. The second-order valence-corrected chi connectivity index (χ2v) is 4.59. The zero-order chi connectivity index (χ0) is 13.7. The fourth-order valence-electron chi connectivity index (χ4n) is 1.46. The molecule has 0 unspecified atom stereocenters. The largest absolute Gasteiger partial charge is 0.497 e. The van der Waals surface area contributed by atoms with Crippen LogP contribution in [0.15, 0.2) is 42.1 Å². The lowest BCUT2D eigenvalue weighted by atomic mass is 10.1. The highest BCUT2D eigenvalue weighted by Gasteiger charge is 2.11. The standard InChI is InChI=1S/C13H13N3O2S/c1-3-7-19-13-14-12(17)11(15-16-13)9-5-4-6-10(8-9)18-2/h3-6,8H,1,7H2,2H3,(H,14,16,17). The highest BCUT2D eigenvalue weighted by Crippen LogP contribution is 2.28. The van der Waals surface area contributed by atoms with E-state index in [0.29, 0.717) is 27.9 Å². The Kier molecular flexibility index (Phi) is 4.35. The van der Waals surface area contributed by atoms with E-state index < -0.39 is 0 Å². The van der Waals surface area contributed by atoms with Gasteiger partial charge in [-0.05, 0) is 12.1 Å². The van der Waals surface area contributed by atoms with Gasteiger partial charge in [-0.1, -0.05) is 30.0 Å². The molecule has 0 aliphatic carbocycles. The Morgan fingerprint density at radius 2 is 2.26 bits per heavy atom. The molecule has 0 saturated carbocycles. The third-order valence-corrected chi connectivity index (χ3v) is 3.16. The molecule has 1 heterocycles. The van der Waals surface area contributed by atoms with Crippen LogP contribution in [0.25, 0.3) is 11.3 Å². The summed E-state index contributed by atoms with van der Waals surface area (Å²) in [4.78, 5) is 4.00. The zero-order valence-electron chi connectivity index (χ0n) is 10.4. The molecule has 6 heteroatoms. The summed E-state index contributed by atoms with van der Waals surface area (Å²) in [5.41, 5.74) is 1.04. The van der Waals surface area contributed by atoms with Gasteiger partial charge in [0.2, 0.25) is 11.0 Å². The molecular weight excluding hydrogens is 262 g/mol. The Morgan fingerprint density at radius 1 is 1.42 bits per heavy atom. The molecule has 0 spiro atoms. The van der Waals surface area contributed by atoms with Crippen molar-refractivity contribution in [1.82, 2.24) is 15.2 Å². The number of aromatic nitrogens is 3. The van der Waals surface area contributed by atoms with Gasteiger partial charge < -0.3 is 9.84 Å². The lowest BCUT2D eigenvalue weighted by Gasteiger charge is -2.05. The molecule has 1 aromatic carbocycles. The van der Waals surface area contributed by atoms with Crippen molar-refractivity contribution >= 4 is 11.8 Å². The van der Waals surface area contributed by atoms with Gasteiger partial charge in [0.05, 0.1) is 7.11 Å². The second kappa shape index (κ2) is 6.19. The monoisotopic (exact) mass is 275 g/mol. The zero-order valence-corrected chi connectivity index (χ0v) is 11.2. The summed E-state index contributed by atoms with van der Waals surface area (Å²) in [5, 5.41) is 18.3. The lowest BCUT2D eigenvalue weighted by molar-refractivity contribution is 0.415. The van der Waals surface area contributed by atoms with E-state index in [9.17, 15) is 5.11 Å². The van der Waals surface area contributed by atoms with E-state index in [2.05, 4.69) is 21.8 Å². The van der Waals surface area contributed by atoms with Crippen LogP contribution in [0, 0.1) is 0 Å². The first-order valence-electron chi connectivity index (χ1n) is 5.56. The van der Waals surface area contributed by atoms with E-state index in [1.54, 1.807) is 19.3 Å². The number of thioether (sulfide) groups is 1. The summed E-state index contributed by atoms with van der Waals surface area (Å²) in [6, 6.07) is 7.21. The van der Waals surface area contributed by atoms with Gasteiger partial charge in [0.15, 0.2) is 5.69 Å². The van der Waals surface area contributed by atoms with E-state index in [0.717, 1.165) is 0 Å². The Labute approximate surface area is 115 Å². The summed E-state index contributed by atoms with van der Waals surface area (Å²) in [7, 11) is 1.58. The van der Waals surface area contributed by atoms with Gasteiger partial charge in [0, 0.05) is 11.3 Å². The maximum atomic E-state index is 9.91. The molecule has 0 fully saturated rings. The van der Waals surface area contributed by atoms with Crippen LogP contribution < -0.4 is 4.74 Å². The van der Waals surface area contributed by atoms with Crippen molar-refractivity contribution in [3.05, 3.63) is 36.9 Å². The van der Waals surface area contributed by atoms with Crippen molar-refractivity contribution in [3.63, 3.8) is 0 Å². The number of rotatable bonds is 5. The minimum atomic E-state index is -0.144. The van der Waals surface area contributed by atoms with E-state index in [1.807, 2.05) is 18.2 Å². The van der Waals surface area contributed by atoms with E-state index >= 15 is 0 Å². The predicted molar refractivity (Wildman–Crippen MR) is 74.4 cm³/mol. The first-order valence-corrected chi connectivity index (χ1v) is 6.55. The van der Waals surface area contributed by atoms with Crippen LogP contribution in [0.1, 0.15) is 0 Å². The van der Waals surface area contributed by atoms with E-state index in [4.69, 9.17) is 4.74 Å². The molecule has 19 heavy (non-hydrogen) atoms. The number of aromatic hydroxyl groups is 1. The fourth-order valence-corrected chi connectivity index (χ4v) is 1.97. The molecule has 2 aromatic rings. The Balaban J connectivity index is 2.31. The maximum Gasteiger partial charge on any atom is 0.242 e. The minimum absolute atomic E-state index is 0.144. The Bertz CT molecular complexity index is 590. The predicted octanol–water partition coefficient (Wildman–Crippen LogP) is 2.53. The summed E-state index contributed by atoms with van der Waals surface area (Å²) in [6.45, 7) is 3.61. The molecule has 0 aliphatic heterocycles. The van der Waals surface area contributed by atoms with E-state index in [1.165, 1.54) is 11.8 Å². The lowest BCUT2D eigenvalue weighted by Crippen LogP contribution is -1.95. The van der Waals surface area contributed by atoms with Crippen LogP contribution in [0.3, 0.4) is 0 Å². The average Bonchev–Trinajstić information content (AvgIpc) is 2.45. The van der Waals surface area contributed by atoms with Crippen molar-refractivity contribution in [2.24, 2.45) is 0 Å². The summed E-state index contributed by atoms with van der Waals surface area (Å²) in [6.07, 6.45) is 1.74. The van der Waals surface area contributed by atoms with Crippen molar-refractivity contribution < 1.29 is 9.84 Å². The van der Waals surface area contributed by atoms with Gasteiger partial charge in [-0.25, -0.2) is 0 Å². The molecule has 98 valence electrons. The van der Waals surface area contributed by atoms with Crippen molar-refractivity contribution in [1.29, 1.82) is 0 Å². The fraction of sp³-hybridized carbons (Fsp3) is 0.154. The molecule has 0 bridgehead atoms. The first kappa shape index (κ1) is 13.4. The maximum absolute atomic E-state index is 9.91. The quantitative estimate of drug-likeness (QED) is 0.668. The van der Waals surface area contributed by atoms with Gasteiger partial charge in [-0.3, -0.25) is 0 Å². The van der Waals surface area contributed by atoms with Gasteiger partial charge in [0.1, 0.15) is 5.75 Å². The van der Waals surface area contributed by atoms with Crippen LogP contribution in [-0.2, 0) is 0 Å². The number of hydrogen-bond donors (Lipinski definition) is 1. The molecule has 2 rings (SSSR count). The summed E-state index contributed by atoms with van der Waals surface area (Å²) >= 11 is 1.36. The summed E-state index contributed by atoms with van der Waals surface area (Å²) in [5.74, 6) is 1.21. The number of ether oxygens (including phenoxy) is 1. The average molecular weight is 275 g/mol. The molecule has 1 N–H and O–H groups in total. The summed E-state index contributed by atoms with van der Waals surface area (Å²) < 4.78 is 5.13. The van der Waals surface area contributed by atoms with Crippen LogP contribution >= 0.6 is 11.8 Å². The number of benzene rings is 1. The van der Waals surface area contributed by atoms with Gasteiger partial charge >= 0.3 is 0 Å². The molecule has 0 atom stereocenters. The topological polar surface area (TPSA) is 68.1 Å². The number of methoxy groups -OCH3 is 1. The minimum Gasteiger partial charge on any atom is -0.497 e. The normalized spacial score (nSPS) is 10.2. The van der Waals surface area contributed by atoms with Crippen molar-refractivity contribution in [2.75, 3.05) is 12.9 Å². The van der Waals surface area contributed by atoms with Gasteiger partial charge in [0.25, 0.3) is 0 Å². The third-order valence-electron chi connectivity index (χ3n) is 2.32. The molecule has 0 radical (unpaired) electrons. The Hall–Kier alpha value is -2.08. The third kappa shape index (κ3) is 3.23. The van der Waals surface area contributed by atoms with Crippen LogP contribution in [0.4, 0.5) is 0 Å². The van der Waals surface area contributed by atoms with Crippen LogP contribution in [-0.4, -0.2) is 33.2 Å². The van der Waals surface area contributed by atoms with Crippen LogP contribution in [0.5, 0.6) is 11.6 Å². The van der Waals surface area contributed by atoms with E-state index in [-0.39, 0.29) is 5.88 Å². The molecule has 0 amide bonds.